The van der Waals surface area contributed by atoms with Crippen molar-refractivity contribution in [3.63, 3.8) is 0 Å². The van der Waals surface area contributed by atoms with Gasteiger partial charge in [-0.05, 0) is 31.2 Å². The largest absolute Gasteiger partial charge is 0.452 e. The molecule has 0 bridgehead atoms. The minimum Gasteiger partial charge on any atom is -0.452 e. The fourth-order valence-electron chi connectivity index (χ4n) is 2.07. The molecule has 7 nitrogen and oxygen atoms in total. The van der Waals surface area contributed by atoms with Gasteiger partial charge in [-0.1, -0.05) is 11.6 Å². The molecule has 0 radical (unpaired) electrons. The molecule has 2 amide bonds. The Morgan fingerprint density at radius 3 is 2.68 bits per heavy atom. The predicted octanol–water partition coefficient (Wildman–Crippen LogP) is 2.70. The number of carbonyl (C=O) groups is 3. The number of pyridine rings is 1. The highest BCUT2D eigenvalue weighted by Gasteiger charge is 2.19. The molecule has 0 aliphatic rings. The van der Waals surface area contributed by atoms with Crippen LogP contribution in [0.1, 0.15) is 23.7 Å². The zero-order valence-corrected chi connectivity index (χ0v) is 15.4. The summed E-state index contributed by atoms with van der Waals surface area (Å²) in [4.78, 5) is 39.4. The van der Waals surface area contributed by atoms with E-state index in [-0.39, 0.29) is 29.4 Å². The summed E-state index contributed by atoms with van der Waals surface area (Å²) in [6.45, 7) is 1.21. The van der Waals surface area contributed by atoms with Gasteiger partial charge in [-0.25, -0.2) is 13.8 Å². The number of nitrogens with one attached hydrogen (secondary N) is 2. The fourth-order valence-corrected chi connectivity index (χ4v) is 2.24. The van der Waals surface area contributed by atoms with Crippen LogP contribution >= 0.6 is 11.6 Å². The Balaban J connectivity index is 1.77. The maximum absolute atomic E-state index is 13.5. The van der Waals surface area contributed by atoms with Crippen LogP contribution in [0.2, 0.25) is 5.15 Å². The third-order valence-corrected chi connectivity index (χ3v) is 3.79. The molecule has 10 heteroatoms. The van der Waals surface area contributed by atoms with Gasteiger partial charge in [0.1, 0.15) is 11.6 Å². The van der Waals surface area contributed by atoms with Crippen molar-refractivity contribution in [2.24, 2.45) is 0 Å². The second kappa shape index (κ2) is 9.75. The van der Waals surface area contributed by atoms with Crippen molar-refractivity contribution in [3.8, 4) is 0 Å². The Kier molecular flexibility index (Phi) is 7.39. The van der Waals surface area contributed by atoms with Gasteiger partial charge >= 0.3 is 5.97 Å². The summed E-state index contributed by atoms with van der Waals surface area (Å²) in [6.07, 6.45) is 0.0851. The van der Waals surface area contributed by atoms with Crippen LogP contribution in [0.25, 0.3) is 0 Å². The Labute approximate surface area is 164 Å². The number of ether oxygens (including phenoxy) is 1. The van der Waals surface area contributed by atoms with E-state index >= 15 is 0 Å². The zero-order valence-electron chi connectivity index (χ0n) is 14.7. The Morgan fingerprint density at radius 1 is 1.25 bits per heavy atom. The van der Waals surface area contributed by atoms with Gasteiger partial charge in [-0.15, -0.1) is 0 Å². The molecule has 1 heterocycles. The van der Waals surface area contributed by atoms with Crippen LogP contribution in [0.5, 0.6) is 0 Å². The molecule has 1 atom stereocenters. The molecule has 148 valence electrons. The molecular formula is C18H16ClF2N3O4. The number of benzene rings is 1. The summed E-state index contributed by atoms with van der Waals surface area (Å²) >= 11 is 5.83. The zero-order chi connectivity index (χ0) is 20.7. The Bertz CT molecular complexity index is 895. The summed E-state index contributed by atoms with van der Waals surface area (Å²) in [5.41, 5.74) is -0.0819. The van der Waals surface area contributed by atoms with Gasteiger partial charge in [0.25, 0.3) is 11.8 Å². The highest BCUT2D eigenvalue weighted by molar-refractivity contribution is 6.32. The number of amides is 2. The molecule has 1 aromatic carbocycles. The lowest BCUT2D eigenvalue weighted by molar-refractivity contribution is -0.153. The van der Waals surface area contributed by atoms with E-state index in [9.17, 15) is 23.2 Å². The third kappa shape index (κ3) is 5.98. The van der Waals surface area contributed by atoms with Crippen molar-refractivity contribution >= 4 is 35.1 Å². The number of halogens is 3. The first-order valence-electron chi connectivity index (χ1n) is 8.12. The number of anilines is 1. The first kappa shape index (κ1) is 21.2. The number of carbonyl (C=O) groups excluding carboxylic acids is 3. The van der Waals surface area contributed by atoms with Crippen molar-refractivity contribution in [1.29, 1.82) is 0 Å². The van der Waals surface area contributed by atoms with Gasteiger partial charge in [-0.2, -0.15) is 0 Å². The van der Waals surface area contributed by atoms with Gasteiger partial charge in [0, 0.05) is 18.8 Å². The first-order chi connectivity index (χ1) is 13.3. The molecule has 0 saturated carbocycles. The van der Waals surface area contributed by atoms with Gasteiger partial charge in [0.15, 0.2) is 11.3 Å². The van der Waals surface area contributed by atoms with Gasteiger partial charge in [-0.3, -0.25) is 14.4 Å². The van der Waals surface area contributed by atoms with E-state index in [1.54, 1.807) is 6.07 Å². The van der Waals surface area contributed by atoms with E-state index in [0.29, 0.717) is 6.07 Å². The molecular weight excluding hydrogens is 396 g/mol. The molecule has 0 aliphatic heterocycles. The minimum absolute atomic E-state index is 0.0881. The molecule has 2 aromatic rings. The number of hydrogen-bond donors (Lipinski definition) is 2. The second-order valence-corrected chi connectivity index (χ2v) is 5.95. The molecule has 2 rings (SSSR count). The summed E-state index contributed by atoms with van der Waals surface area (Å²) in [5, 5.41) is 4.87. The van der Waals surface area contributed by atoms with Crippen LogP contribution in [0.4, 0.5) is 14.5 Å². The smallest absolute Gasteiger partial charge is 0.308 e. The summed E-state index contributed by atoms with van der Waals surface area (Å²) < 4.78 is 31.3. The van der Waals surface area contributed by atoms with Crippen molar-refractivity contribution in [2.75, 3.05) is 11.9 Å². The van der Waals surface area contributed by atoms with Crippen LogP contribution in [-0.2, 0) is 14.3 Å². The molecule has 1 aromatic heterocycles. The van der Waals surface area contributed by atoms with Gasteiger partial charge < -0.3 is 15.4 Å². The highest BCUT2D eigenvalue weighted by atomic mass is 35.5. The standard InChI is InChI=1S/C18H16ClF2N3O4/c1-10(17(26)24-14-3-2-7-22-16(14)19)28-15(25)6-8-23-18(27)12-5-4-11(20)9-13(12)21/h2-5,7,9-10H,6,8H2,1H3,(H,23,27)(H,24,26). The Hall–Kier alpha value is -3.07. The molecule has 0 fully saturated rings. The number of esters is 1. The second-order valence-electron chi connectivity index (χ2n) is 5.59. The van der Waals surface area contributed by atoms with Crippen LogP contribution in [0, 0.1) is 11.6 Å². The Morgan fingerprint density at radius 2 is 2.00 bits per heavy atom. The number of hydrogen-bond acceptors (Lipinski definition) is 5. The van der Waals surface area contributed by atoms with Crippen LogP contribution in [0.3, 0.4) is 0 Å². The van der Waals surface area contributed by atoms with Gasteiger partial charge in [0.05, 0.1) is 17.7 Å². The van der Waals surface area contributed by atoms with E-state index < -0.39 is 35.5 Å². The van der Waals surface area contributed by atoms with Crippen LogP contribution in [-0.4, -0.2) is 35.4 Å². The molecule has 0 aliphatic carbocycles. The molecule has 0 saturated heterocycles. The third-order valence-electron chi connectivity index (χ3n) is 3.48. The monoisotopic (exact) mass is 411 g/mol. The fraction of sp³-hybridized carbons (Fsp3) is 0.222. The topological polar surface area (TPSA) is 97.4 Å². The SMILES string of the molecule is CC(OC(=O)CCNC(=O)c1ccc(F)cc1F)C(=O)Nc1cccnc1Cl. The predicted molar refractivity (Wildman–Crippen MR) is 96.7 cm³/mol. The number of rotatable bonds is 7. The lowest BCUT2D eigenvalue weighted by atomic mass is 10.2. The first-order valence-corrected chi connectivity index (χ1v) is 8.50. The van der Waals surface area contributed by atoms with Crippen molar-refractivity contribution in [2.45, 2.75) is 19.4 Å². The van der Waals surface area contributed by atoms with Crippen molar-refractivity contribution in [1.82, 2.24) is 10.3 Å². The maximum atomic E-state index is 13.5. The minimum atomic E-state index is -1.12. The van der Waals surface area contributed by atoms with Gasteiger partial charge in [0.2, 0.25) is 0 Å². The molecule has 28 heavy (non-hydrogen) atoms. The quantitative estimate of drug-likeness (QED) is 0.539. The molecule has 2 N–H and O–H groups in total. The van der Waals surface area contributed by atoms with E-state index in [4.69, 9.17) is 16.3 Å². The lowest BCUT2D eigenvalue weighted by Gasteiger charge is -2.14. The summed E-state index contributed by atoms with van der Waals surface area (Å²) in [6, 6.07) is 5.63. The lowest BCUT2D eigenvalue weighted by Crippen LogP contribution is -2.32. The van der Waals surface area contributed by atoms with Crippen molar-refractivity contribution in [3.05, 3.63) is 58.9 Å². The average molecular weight is 412 g/mol. The van der Waals surface area contributed by atoms with E-state index in [0.717, 1.165) is 12.1 Å². The average Bonchev–Trinajstić information content (AvgIpc) is 2.63. The van der Waals surface area contributed by atoms with E-state index in [1.165, 1.54) is 19.2 Å². The normalized spacial score (nSPS) is 11.4. The molecule has 1 unspecified atom stereocenters. The number of nitrogens with zero attached hydrogens (tertiary/aromatic N) is 1. The van der Waals surface area contributed by atoms with E-state index in [1.807, 2.05) is 0 Å². The number of aromatic nitrogens is 1. The maximum Gasteiger partial charge on any atom is 0.308 e. The van der Waals surface area contributed by atoms with Crippen molar-refractivity contribution < 1.29 is 27.9 Å². The van der Waals surface area contributed by atoms with Crippen LogP contribution < -0.4 is 10.6 Å². The summed E-state index contributed by atoms with van der Waals surface area (Å²) in [5.74, 6) is -3.99. The van der Waals surface area contributed by atoms with E-state index in [2.05, 4.69) is 15.6 Å². The van der Waals surface area contributed by atoms with Crippen LogP contribution in [0.15, 0.2) is 36.5 Å². The highest BCUT2D eigenvalue weighted by Crippen LogP contribution is 2.17. The molecule has 0 spiro atoms. The summed E-state index contributed by atoms with van der Waals surface area (Å²) in [7, 11) is 0.